The number of hydrazine groups is 1. The van der Waals surface area contributed by atoms with Crippen LogP contribution < -0.4 is 15.6 Å². The average Bonchev–Trinajstić information content (AvgIpc) is 3.25. The third-order valence-corrected chi connectivity index (χ3v) is 5.79. The molecule has 3 N–H and O–H groups in total. The zero-order valence-corrected chi connectivity index (χ0v) is 17.3. The molecule has 1 heterocycles. The summed E-state index contributed by atoms with van der Waals surface area (Å²) in [6.45, 7) is 0.0136. The number of carbonyl (C=O) groups excluding carboxylic acids is 2. The van der Waals surface area contributed by atoms with Crippen LogP contribution in [-0.2, 0) is 16.6 Å². The van der Waals surface area contributed by atoms with E-state index in [0.29, 0.717) is 11.3 Å². The molecule has 8 nitrogen and oxygen atoms in total. The summed E-state index contributed by atoms with van der Waals surface area (Å²) in [5, 5.41) is 0. The van der Waals surface area contributed by atoms with Crippen LogP contribution in [0.25, 0.3) is 0 Å². The van der Waals surface area contributed by atoms with Crippen LogP contribution in [0, 0.1) is 0 Å². The molecular formula is C19H16BrN3O5S. The fourth-order valence-electron chi connectivity index (χ4n) is 2.31. The number of hydrogen-bond acceptors (Lipinski definition) is 5. The number of rotatable bonds is 6. The van der Waals surface area contributed by atoms with Crippen molar-refractivity contribution in [2.45, 2.75) is 11.4 Å². The molecule has 0 spiro atoms. The number of benzene rings is 2. The number of nitrogens with one attached hydrogen (secondary N) is 3. The molecule has 0 fully saturated rings. The van der Waals surface area contributed by atoms with Gasteiger partial charge in [0.1, 0.15) is 5.76 Å². The molecule has 2 amide bonds. The molecule has 0 radical (unpaired) electrons. The lowest BCUT2D eigenvalue weighted by molar-refractivity contribution is 0.0846. The first kappa shape index (κ1) is 20.8. The van der Waals surface area contributed by atoms with Crippen LogP contribution in [0.3, 0.4) is 0 Å². The molecule has 0 aliphatic carbocycles. The number of carbonyl (C=O) groups is 2. The summed E-state index contributed by atoms with van der Waals surface area (Å²) < 4.78 is 32.9. The average molecular weight is 478 g/mol. The van der Waals surface area contributed by atoms with Crippen molar-refractivity contribution in [1.82, 2.24) is 15.6 Å². The Morgan fingerprint density at radius 1 is 0.862 bits per heavy atom. The van der Waals surface area contributed by atoms with Gasteiger partial charge in [-0.05, 0) is 60.7 Å². The predicted molar refractivity (Wildman–Crippen MR) is 108 cm³/mol. The van der Waals surface area contributed by atoms with E-state index < -0.39 is 21.8 Å². The molecule has 1 aromatic heterocycles. The second-order valence-corrected chi connectivity index (χ2v) is 8.53. The van der Waals surface area contributed by atoms with E-state index in [2.05, 4.69) is 31.5 Å². The molecule has 10 heteroatoms. The van der Waals surface area contributed by atoms with Gasteiger partial charge in [-0.25, -0.2) is 13.1 Å². The van der Waals surface area contributed by atoms with E-state index in [1.54, 1.807) is 36.4 Å². The van der Waals surface area contributed by atoms with Crippen molar-refractivity contribution in [3.63, 3.8) is 0 Å². The molecule has 0 saturated heterocycles. The standard InChI is InChI=1S/C19H16BrN3O5S/c20-15-7-3-13(4-8-15)18(24)22-23-19(25)14-5-9-17(10-6-14)29(26,27)21-12-16-2-1-11-28-16/h1-11,21H,12H2,(H,22,24)(H,23,25). The number of hydrogen-bond donors (Lipinski definition) is 3. The second kappa shape index (κ2) is 9.03. The summed E-state index contributed by atoms with van der Waals surface area (Å²) in [6, 6.07) is 15.2. The summed E-state index contributed by atoms with van der Waals surface area (Å²) in [7, 11) is -3.76. The Labute approximate surface area is 175 Å². The Morgan fingerprint density at radius 2 is 1.41 bits per heavy atom. The number of amides is 2. The van der Waals surface area contributed by atoms with E-state index >= 15 is 0 Å². The summed E-state index contributed by atoms with van der Waals surface area (Å²) in [5.41, 5.74) is 5.15. The number of furan rings is 1. The third kappa shape index (κ3) is 5.53. The highest BCUT2D eigenvalue weighted by atomic mass is 79.9. The minimum absolute atomic E-state index is 0.000459. The predicted octanol–water partition coefficient (Wildman–Crippen LogP) is 2.60. The smallest absolute Gasteiger partial charge is 0.269 e. The van der Waals surface area contributed by atoms with Crippen LogP contribution in [0.5, 0.6) is 0 Å². The van der Waals surface area contributed by atoms with Gasteiger partial charge in [0.15, 0.2) is 0 Å². The van der Waals surface area contributed by atoms with Crippen LogP contribution in [0.2, 0.25) is 0 Å². The van der Waals surface area contributed by atoms with Gasteiger partial charge < -0.3 is 4.42 Å². The molecule has 0 aliphatic rings. The molecule has 0 aliphatic heterocycles. The van der Waals surface area contributed by atoms with E-state index in [1.165, 1.54) is 30.5 Å². The normalized spacial score (nSPS) is 11.1. The SMILES string of the molecule is O=C(NNC(=O)c1ccc(S(=O)(=O)NCc2ccco2)cc1)c1ccc(Br)cc1. The van der Waals surface area contributed by atoms with Crippen molar-refractivity contribution >= 4 is 37.8 Å². The maximum Gasteiger partial charge on any atom is 0.269 e. The van der Waals surface area contributed by atoms with Crippen LogP contribution in [0.1, 0.15) is 26.5 Å². The van der Waals surface area contributed by atoms with Crippen molar-refractivity contribution in [3.05, 3.63) is 88.3 Å². The molecule has 0 bridgehead atoms. The summed E-state index contributed by atoms with van der Waals surface area (Å²) in [5.74, 6) is -0.582. The van der Waals surface area contributed by atoms with Gasteiger partial charge in [0.05, 0.1) is 17.7 Å². The van der Waals surface area contributed by atoms with Gasteiger partial charge in [-0.2, -0.15) is 0 Å². The fraction of sp³-hybridized carbons (Fsp3) is 0.0526. The topological polar surface area (TPSA) is 118 Å². The molecule has 3 rings (SSSR count). The minimum Gasteiger partial charge on any atom is -0.468 e. The minimum atomic E-state index is -3.76. The van der Waals surface area contributed by atoms with E-state index in [-0.39, 0.29) is 17.0 Å². The van der Waals surface area contributed by atoms with E-state index in [1.807, 2.05) is 0 Å². The highest BCUT2D eigenvalue weighted by Gasteiger charge is 2.16. The summed E-state index contributed by atoms with van der Waals surface area (Å²) in [6.07, 6.45) is 1.45. The van der Waals surface area contributed by atoms with Crippen molar-refractivity contribution in [1.29, 1.82) is 0 Å². The van der Waals surface area contributed by atoms with Gasteiger partial charge in [0.25, 0.3) is 11.8 Å². The lowest BCUT2D eigenvalue weighted by Crippen LogP contribution is -2.41. The molecule has 0 saturated carbocycles. The van der Waals surface area contributed by atoms with E-state index in [4.69, 9.17) is 4.42 Å². The maximum absolute atomic E-state index is 12.3. The van der Waals surface area contributed by atoms with Gasteiger partial charge in [0, 0.05) is 15.6 Å². The van der Waals surface area contributed by atoms with Crippen molar-refractivity contribution in [2.75, 3.05) is 0 Å². The first-order chi connectivity index (χ1) is 13.8. The number of halogens is 1. The zero-order chi connectivity index (χ0) is 20.9. The molecule has 150 valence electrons. The van der Waals surface area contributed by atoms with Crippen molar-refractivity contribution < 1.29 is 22.4 Å². The lowest BCUT2D eigenvalue weighted by atomic mass is 10.2. The first-order valence-corrected chi connectivity index (χ1v) is 10.6. The van der Waals surface area contributed by atoms with E-state index in [9.17, 15) is 18.0 Å². The zero-order valence-electron chi connectivity index (χ0n) is 14.9. The van der Waals surface area contributed by atoms with Gasteiger partial charge in [-0.1, -0.05) is 15.9 Å². The second-order valence-electron chi connectivity index (χ2n) is 5.84. The van der Waals surface area contributed by atoms with Crippen molar-refractivity contribution in [3.8, 4) is 0 Å². The Kier molecular flexibility index (Phi) is 6.47. The molecule has 2 aromatic carbocycles. The van der Waals surface area contributed by atoms with Crippen LogP contribution >= 0.6 is 15.9 Å². The molecular weight excluding hydrogens is 462 g/mol. The Hall–Kier alpha value is -2.95. The molecule has 0 unspecified atom stereocenters. The van der Waals surface area contributed by atoms with Crippen LogP contribution in [0.15, 0.2) is 80.7 Å². The third-order valence-electron chi connectivity index (χ3n) is 3.84. The quantitative estimate of drug-likeness (QED) is 0.471. The Bertz CT molecular complexity index is 1100. The van der Waals surface area contributed by atoms with Gasteiger partial charge in [-0.15, -0.1) is 0 Å². The van der Waals surface area contributed by atoms with Gasteiger partial charge in [0.2, 0.25) is 10.0 Å². The molecule has 29 heavy (non-hydrogen) atoms. The highest BCUT2D eigenvalue weighted by molar-refractivity contribution is 9.10. The summed E-state index contributed by atoms with van der Waals surface area (Å²) in [4.78, 5) is 24.2. The molecule has 3 aromatic rings. The highest BCUT2D eigenvalue weighted by Crippen LogP contribution is 2.12. The van der Waals surface area contributed by atoms with Crippen molar-refractivity contribution in [2.24, 2.45) is 0 Å². The Balaban J connectivity index is 1.58. The first-order valence-electron chi connectivity index (χ1n) is 8.33. The van der Waals surface area contributed by atoms with Gasteiger partial charge in [-0.3, -0.25) is 20.4 Å². The largest absolute Gasteiger partial charge is 0.468 e. The van der Waals surface area contributed by atoms with Crippen LogP contribution in [-0.4, -0.2) is 20.2 Å². The maximum atomic E-state index is 12.3. The lowest BCUT2D eigenvalue weighted by Gasteiger charge is -2.09. The van der Waals surface area contributed by atoms with Crippen LogP contribution in [0.4, 0.5) is 0 Å². The fourth-order valence-corrected chi connectivity index (χ4v) is 3.56. The molecule has 0 atom stereocenters. The van der Waals surface area contributed by atoms with Gasteiger partial charge >= 0.3 is 0 Å². The van der Waals surface area contributed by atoms with E-state index in [0.717, 1.165) is 4.47 Å². The Morgan fingerprint density at radius 3 is 1.93 bits per heavy atom. The summed E-state index contributed by atoms with van der Waals surface area (Å²) >= 11 is 3.27. The monoisotopic (exact) mass is 477 g/mol. The number of sulfonamides is 1.